The lowest BCUT2D eigenvalue weighted by atomic mass is 10.1. The molecule has 0 aliphatic heterocycles. The molecule has 0 amide bonds. The Kier molecular flexibility index (Phi) is 6.99. The van der Waals surface area contributed by atoms with Gasteiger partial charge in [-0.05, 0) is 24.0 Å². The minimum Gasteiger partial charge on any atom is -0.294 e. The second-order valence-electron chi connectivity index (χ2n) is 5.28. The Morgan fingerprint density at radius 1 is 0.810 bits per heavy atom. The van der Waals surface area contributed by atoms with Gasteiger partial charge in [0.05, 0.1) is 6.61 Å². The first-order valence-electron chi connectivity index (χ1n) is 7.84. The monoisotopic (exact) mass is 283 g/mol. The number of hydrogen-bond donors (Lipinski definition) is 0. The number of hydroxylamine groups is 2. The summed E-state index contributed by atoms with van der Waals surface area (Å²) >= 11 is 0. The summed E-state index contributed by atoms with van der Waals surface area (Å²) < 4.78 is 0. The molecule has 0 atom stereocenters. The van der Waals surface area contributed by atoms with Crippen LogP contribution in [0.25, 0.3) is 0 Å². The molecule has 0 saturated carbocycles. The first-order chi connectivity index (χ1) is 10.4. The zero-order valence-corrected chi connectivity index (χ0v) is 12.9. The Morgan fingerprint density at radius 3 is 2.05 bits per heavy atom. The van der Waals surface area contributed by atoms with Crippen LogP contribution >= 0.6 is 0 Å². The van der Waals surface area contributed by atoms with Crippen LogP contribution in [0, 0.1) is 0 Å². The third kappa shape index (κ3) is 6.11. The molecule has 0 saturated heterocycles. The number of unbranched alkanes of at least 4 members (excludes halogenated alkanes) is 1. The minimum absolute atomic E-state index is 0.652. The van der Waals surface area contributed by atoms with Crippen LogP contribution in [0.15, 0.2) is 60.7 Å². The van der Waals surface area contributed by atoms with E-state index in [0.717, 1.165) is 19.5 Å². The lowest BCUT2D eigenvalue weighted by Gasteiger charge is -2.21. The Morgan fingerprint density at radius 2 is 1.43 bits per heavy atom. The number of benzene rings is 2. The minimum atomic E-state index is 0.652. The fourth-order valence-electron chi connectivity index (χ4n) is 2.21. The molecule has 2 aromatic rings. The zero-order valence-electron chi connectivity index (χ0n) is 12.9. The number of rotatable bonds is 9. The van der Waals surface area contributed by atoms with Crippen LogP contribution in [-0.2, 0) is 17.9 Å². The molecular weight excluding hydrogens is 258 g/mol. The maximum atomic E-state index is 5.99. The van der Waals surface area contributed by atoms with Crippen molar-refractivity contribution in [3.05, 3.63) is 71.8 Å². The van der Waals surface area contributed by atoms with E-state index in [1.807, 2.05) is 6.07 Å². The second kappa shape index (κ2) is 9.32. The van der Waals surface area contributed by atoms with Crippen molar-refractivity contribution in [3.8, 4) is 0 Å². The van der Waals surface area contributed by atoms with Gasteiger partial charge in [-0.1, -0.05) is 74.0 Å². The van der Waals surface area contributed by atoms with Gasteiger partial charge in [-0.25, -0.2) is 0 Å². The SMILES string of the molecule is CCCCN(CCc1ccccc1)OCc1ccccc1. The summed E-state index contributed by atoms with van der Waals surface area (Å²) in [5, 5.41) is 2.11. The molecule has 0 unspecified atom stereocenters. The van der Waals surface area contributed by atoms with Gasteiger partial charge in [-0.15, -0.1) is 0 Å². The summed E-state index contributed by atoms with van der Waals surface area (Å²) in [4.78, 5) is 5.99. The van der Waals surface area contributed by atoms with Crippen molar-refractivity contribution in [2.24, 2.45) is 0 Å². The molecule has 2 rings (SSSR count). The molecule has 0 radical (unpaired) electrons. The fraction of sp³-hybridized carbons (Fsp3) is 0.368. The zero-order chi connectivity index (χ0) is 14.8. The molecule has 0 aliphatic rings. The third-order valence-electron chi connectivity index (χ3n) is 3.51. The highest BCUT2D eigenvalue weighted by Crippen LogP contribution is 2.07. The van der Waals surface area contributed by atoms with Crippen molar-refractivity contribution in [1.29, 1.82) is 0 Å². The Labute approximate surface area is 128 Å². The standard InChI is InChI=1S/C19H25NO/c1-2-3-15-20(16-14-18-10-6-4-7-11-18)21-17-19-12-8-5-9-13-19/h4-13H,2-3,14-17H2,1H3. The van der Waals surface area contributed by atoms with Crippen molar-refractivity contribution < 1.29 is 4.84 Å². The van der Waals surface area contributed by atoms with Crippen LogP contribution < -0.4 is 0 Å². The largest absolute Gasteiger partial charge is 0.294 e. The second-order valence-corrected chi connectivity index (χ2v) is 5.28. The Balaban J connectivity index is 1.82. The van der Waals surface area contributed by atoms with Crippen molar-refractivity contribution in [2.75, 3.05) is 13.1 Å². The number of hydrogen-bond acceptors (Lipinski definition) is 2. The smallest absolute Gasteiger partial charge is 0.0935 e. The molecule has 0 fully saturated rings. The lowest BCUT2D eigenvalue weighted by molar-refractivity contribution is -0.169. The van der Waals surface area contributed by atoms with Gasteiger partial charge >= 0.3 is 0 Å². The van der Waals surface area contributed by atoms with E-state index in [9.17, 15) is 0 Å². The topological polar surface area (TPSA) is 12.5 Å². The van der Waals surface area contributed by atoms with Crippen LogP contribution in [0.4, 0.5) is 0 Å². The number of nitrogens with zero attached hydrogens (tertiary/aromatic N) is 1. The predicted octanol–water partition coefficient (Wildman–Crippen LogP) is 4.46. The first-order valence-corrected chi connectivity index (χ1v) is 7.84. The van der Waals surface area contributed by atoms with E-state index in [0.29, 0.717) is 6.61 Å². The highest BCUT2D eigenvalue weighted by molar-refractivity contribution is 5.15. The molecule has 2 aromatic carbocycles. The fourth-order valence-corrected chi connectivity index (χ4v) is 2.21. The van der Waals surface area contributed by atoms with E-state index in [-0.39, 0.29) is 0 Å². The van der Waals surface area contributed by atoms with Gasteiger partial charge in [0.25, 0.3) is 0 Å². The van der Waals surface area contributed by atoms with Crippen molar-refractivity contribution in [3.63, 3.8) is 0 Å². The molecule has 0 aromatic heterocycles. The van der Waals surface area contributed by atoms with Crippen LogP contribution in [-0.4, -0.2) is 18.2 Å². The van der Waals surface area contributed by atoms with Gasteiger partial charge in [-0.3, -0.25) is 4.84 Å². The molecule has 0 bridgehead atoms. The quantitative estimate of drug-likeness (QED) is 0.630. The molecule has 0 spiro atoms. The van der Waals surface area contributed by atoms with Crippen LogP contribution in [0.3, 0.4) is 0 Å². The van der Waals surface area contributed by atoms with Crippen LogP contribution in [0.5, 0.6) is 0 Å². The maximum absolute atomic E-state index is 5.99. The normalized spacial score (nSPS) is 11.0. The van der Waals surface area contributed by atoms with Gasteiger partial charge in [0.1, 0.15) is 0 Å². The highest BCUT2D eigenvalue weighted by atomic mass is 16.7. The Hall–Kier alpha value is -1.64. The molecule has 21 heavy (non-hydrogen) atoms. The molecule has 2 nitrogen and oxygen atoms in total. The van der Waals surface area contributed by atoms with Gasteiger partial charge in [-0.2, -0.15) is 5.06 Å². The summed E-state index contributed by atoms with van der Waals surface area (Å²) in [5.74, 6) is 0. The van der Waals surface area contributed by atoms with Crippen molar-refractivity contribution >= 4 is 0 Å². The third-order valence-corrected chi connectivity index (χ3v) is 3.51. The summed E-state index contributed by atoms with van der Waals surface area (Å²) in [6, 6.07) is 21.0. The molecule has 2 heteroatoms. The maximum Gasteiger partial charge on any atom is 0.0935 e. The highest BCUT2D eigenvalue weighted by Gasteiger charge is 2.06. The average molecular weight is 283 g/mol. The van der Waals surface area contributed by atoms with Crippen LogP contribution in [0.2, 0.25) is 0 Å². The summed E-state index contributed by atoms with van der Waals surface area (Å²) in [6.07, 6.45) is 3.39. The van der Waals surface area contributed by atoms with Crippen molar-refractivity contribution in [2.45, 2.75) is 32.8 Å². The van der Waals surface area contributed by atoms with E-state index in [1.165, 1.54) is 24.0 Å². The van der Waals surface area contributed by atoms with Gasteiger partial charge in [0, 0.05) is 13.1 Å². The molecule has 0 heterocycles. The lowest BCUT2D eigenvalue weighted by Crippen LogP contribution is -2.27. The van der Waals surface area contributed by atoms with Gasteiger partial charge in [0.15, 0.2) is 0 Å². The van der Waals surface area contributed by atoms with Gasteiger partial charge < -0.3 is 0 Å². The summed E-state index contributed by atoms with van der Waals surface area (Å²) in [5.41, 5.74) is 2.58. The van der Waals surface area contributed by atoms with E-state index in [4.69, 9.17) is 4.84 Å². The van der Waals surface area contributed by atoms with Crippen molar-refractivity contribution in [1.82, 2.24) is 5.06 Å². The molecule has 0 aliphatic carbocycles. The first kappa shape index (κ1) is 15.7. The average Bonchev–Trinajstić information content (AvgIpc) is 2.56. The van der Waals surface area contributed by atoms with E-state index < -0.39 is 0 Å². The van der Waals surface area contributed by atoms with E-state index in [2.05, 4.69) is 66.6 Å². The molecule has 112 valence electrons. The summed E-state index contributed by atoms with van der Waals surface area (Å²) in [7, 11) is 0. The molecular formula is C19H25NO. The Bertz CT molecular complexity index is 440. The van der Waals surface area contributed by atoms with E-state index >= 15 is 0 Å². The van der Waals surface area contributed by atoms with Gasteiger partial charge in [0.2, 0.25) is 0 Å². The van der Waals surface area contributed by atoms with Crippen LogP contribution in [0.1, 0.15) is 30.9 Å². The molecule has 0 N–H and O–H groups in total. The summed E-state index contributed by atoms with van der Waals surface area (Å²) in [6.45, 7) is 4.80. The van der Waals surface area contributed by atoms with E-state index in [1.54, 1.807) is 0 Å². The predicted molar refractivity (Wildman–Crippen MR) is 87.9 cm³/mol.